The lowest BCUT2D eigenvalue weighted by Gasteiger charge is -2.12. The summed E-state index contributed by atoms with van der Waals surface area (Å²) >= 11 is 0. The summed E-state index contributed by atoms with van der Waals surface area (Å²) in [6.45, 7) is 6.29. The number of hydrogen-bond donors (Lipinski definition) is 2. The van der Waals surface area contributed by atoms with Gasteiger partial charge in [-0.1, -0.05) is 38.1 Å². The highest BCUT2D eigenvalue weighted by atomic mass is 16.1. The highest BCUT2D eigenvalue weighted by molar-refractivity contribution is 6.05. The number of carbonyl (C=O) groups is 1. The second kappa shape index (κ2) is 7.95. The van der Waals surface area contributed by atoms with Crippen LogP contribution >= 0.6 is 0 Å². The monoisotopic (exact) mass is 396 g/mol. The number of fused-ring (bicyclic) bond motifs is 1. The Balaban J connectivity index is 1.67. The standard InChI is InChI=1S/C25H24N4O/c1-15(2)17-5-4-6-20(11-17)29-25(30)19-8-7-16(3)21(13-19)18-9-10-23-22(12-18)24(26)28-14-27-23/h4-15H,1-3H3,(H,29,30)(H2,26,27,28). The lowest BCUT2D eigenvalue weighted by Crippen LogP contribution is -2.12. The van der Waals surface area contributed by atoms with E-state index in [0.29, 0.717) is 17.3 Å². The second-order valence-electron chi connectivity index (χ2n) is 7.75. The van der Waals surface area contributed by atoms with Gasteiger partial charge in [0.25, 0.3) is 5.91 Å². The molecule has 4 rings (SSSR count). The van der Waals surface area contributed by atoms with Crippen LogP contribution in [-0.4, -0.2) is 15.9 Å². The number of aryl methyl sites for hydroxylation is 1. The van der Waals surface area contributed by atoms with E-state index < -0.39 is 0 Å². The molecule has 3 aromatic carbocycles. The Morgan fingerprint density at radius 2 is 1.83 bits per heavy atom. The molecule has 0 saturated heterocycles. The summed E-state index contributed by atoms with van der Waals surface area (Å²) in [5.41, 5.74) is 12.4. The van der Waals surface area contributed by atoms with Crippen LogP contribution in [0.4, 0.5) is 11.5 Å². The first-order valence-corrected chi connectivity index (χ1v) is 9.95. The molecule has 0 aliphatic rings. The molecule has 5 nitrogen and oxygen atoms in total. The molecule has 0 saturated carbocycles. The maximum atomic E-state index is 12.9. The Kier molecular flexibility index (Phi) is 5.19. The van der Waals surface area contributed by atoms with Crippen LogP contribution in [0, 0.1) is 6.92 Å². The number of carbonyl (C=O) groups excluding carboxylic acids is 1. The number of nitrogens with one attached hydrogen (secondary N) is 1. The van der Waals surface area contributed by atoms with E-state index in [2.05, 4.69) is 35.2 Å². The van der Waals surface area contributed by atoms with Gasteiger partial charge in [0.05, 0.1) is 5.52 Å². The Morgan fingerprint density at radius 1 is 1.00 bits per heavy atom. The van der Waals surface area contributed by atoms with Crippen LogP contribution < -0.4 is 11.1 Å². The van der Waals surface area contributed by atoms with Crippen LogP contribution in [0.2, 0.25) is 0 Å². The van der Waals surface area contributed by atoms with Gasteiger partial charge in [0.15, 0.2) is 0 Å². The summed E-state index contributed by atoms with van der Waals surface area (Å²) in [5, 5.41) is 3.81. The zero-order valence-corrected chi connectivity index (χ0v) is 17.3. The molecule has 30 heavy (non-hydrogen) atoms. The van der Waals surface area contributed by atoms with Crippen LogP contribution in [0.1, 0.15) is 41.3 Å². The third-order valence-electron chi connectivity index (χ3n) is 5.29. The lowest BCUT2D eigenvalue weighted by atomic mass is 9.96. The van der Waals surface area contributed by atoms with Crippen molar-refractivity contribution in [3.8, 4) is 11.1 Å². The molecule has 1 aromatic heterocycles. The van der Waals surface area contributed by atoms with Gasteiger partial charge in [0, 0.05) is 16.6 Å². The van der Waals surface area contributed by atoms with Crippen LogP contribution in [0.3, 0.4) is 0 Å². The molecule has 1 amide bonds. The van der Waals surface area contributed by atoms with Gasteiger partial charge >= 0.3 is 0 Å². The van der Waals surface area contributed by atoms with Crippen LogP contribution in [-0.2, 0) is 0 Å². The zero-order valence-electron chi connectivity index (χ0n) is 17.3. The minimum atomic E-state index is -0.138. The van der Waals surface area contributed by atoms with Crippen LogP contribution in [0.25, 0.3) is 22.0 Å². The van der Waals surface area contributed by atoms with E-state index in [1.807, 2.05) is 61.5 Å². The summed E-state index contributed by atoms with van der Waals surface area (Å²) in [4.78, 5) is 21.2. The molecule has 1 heterocycles. The van der Waals surface area contributed by atoms with E-state index in [1.165, 1.54) is 11.9 Å². The molecule has 0 aliphatic heterocycles. The first-order chi connectivity index (χ1) is 14.4. The molecule has 0 fully saturated rings. The maximum absolute atomic E-state index is 12.9. The normalized spacial score (nSPS) is 11.1. The number of nitrogen functional groups attached to an aromatic ring is 1. The molecule has 3 N–H and O–H groups in total. The average Bonchev–Trinajstić information content (AvgIpc) is 2.74. The molecule has 0 atom stereocenters. The van der Waals surface area contributed by atoms with Gasteiger partial charge in [-0.25, -0.2) is 9.97 Å². The van der Waals surface area contributed by atoms with Crippen molar-refractivity contribution in [3.63, 3.8) is 0 Å². The van der Waals surface area contributed by atoms with Crippen molar-refractivity contribution in [1.82, 2.24) is 9.97 Å². The average molecular weight is 396 g/mol. The quantitative estimate of drug-likeness (QED) is 0.473. The Bertz CT molecular complexity index is 1250. The Hall–Kier alpha value is -3.73. The van der Waals surface area contributed by atoms with E-state index >= 15 is 0 Å². The fraction of sp³-hybridized carbons (Fsp3) is 0.160. The maximum Gasteiger partial charge on any atom is 0.255 e. The molecular weight excluding hydrogens is 372 g/mol. The summed E-state index contributed by atoms with van der Waals surface area (Å²) < 4.78 is 0. The largest absolute Gasteiger partial charge is 0.383 e. The molecule has 0 unspecified atom stereocenters. The number of nitrogens with zero attached hydrogens (tertiary/aromatic N) is 2. The molecule has 0 radical (unpaired) electrons. The number of nitrogens with two attached hydrogens (primary N) is 1. The van der Waals surface area contributed by atoms with E-state index in [-0.39, 0.29) is 5.91 Å². The van der Waals surface area contributed by atoms with Gasteiger partial charge in [-0.15, -0.1) is 0 Å². The smallest absolute Gasteiger partial charge is 0.255 e. The Morgan fingerprint density at radius 3 is 2.63 bits per heavy atom. The fourth-order valence-electron chi connectivity index (χ4n) is 3.50. The third kappa shape index (κ3) is 3.87. The van der Waals surface area contributed by atoms with Crippen LogP contribution in [0.15, 0.2) is 67.0 Å². The number of amides is 1. The van der Waals surface area contributed by atoms with Gasteiger partial charge in [-0.2, -0.15) is 0 Å². The van der Waals surface area contributed by atoms with Crippen molar-refractivity contribution in [2.24, 2.45) is 0 Å². The number of hydrogen-bond acceptors (Lipinski definition) is 4. The highest BCUT2D eigenvalue weighted by Crippen LogP contribution is 2.29. The number of anilines is 2. The van der Waals surface area contributed by atoms with E-state index in [1.54, 1.807) is 0 Å². The lowest BCUT2D eigenvalue weighted by molar-refractivity contribution is 0.102. The van der Waals surface area contributed by atoms with Gasteiger partial charge in [-0.05, 0) is 71.5 Å². The van der Waals surface area contributed by atoms with Gasteiger partial charge in [0.1, 0.15) is 12.1 Å². The summed E-state index contributed by atoms with van der Waals surface area (Å²) in [6.07, 6.45) is 1.46. The highest BCUT2D eigenvalue weighted by Gasteiger charge is 2.12. The second-order valence-corrected chi connectivity index (χ2v) is 7.75. The number of rotatable bonds is 4. The van der Waals surface area contributed by atoms with Gasteiger partial charge < -0.3 is 11.1 Å². The number of benzene rings is 3. The Labute approximate surface area is 176 Å². The molecule has 0 spiro atoms. The van der Waals surface area contributed by atoms with E-state index in [9.17, 15) is 4.79 Å². The predicted octanol–water partition coefficient (Wildman–Crippen LogP) is 5.56. The molecule has 4 aromatic rings. The van der Waals surface area contributed by atoms with Crippen molar-refractivity contribution < 1.29 is 4.79 Å². The zero-order chi connectivity index (χ0) is 21.3. The summed E-state index contributed by atoms with van der Waals surface area (Å²) in [5.74, 6) is 0.705. The van der Waals surface area contributed by atoms with Crippen molar-refractivity contribution in [2.75, 3.05) is 11.1 Å². The summed E-state index contributed by atoms with van der Waals surface area (Å²) in [7, 11) is 0. The van der Waals surface area contributed by atoms with E-state index in [4.69, 9.17) is 5.73 Å². The number of aromatic nitrogens is 2. The van der Waals surface area contributed by atoms with Crippen molar-refractivity contribution in [1.29, 1.82) is 0 Å². The topological polar surface area (TPSA) is 80.9 Å². The SMILES string of the molecule is Cc1ccc(C(=O)Nc2cccc(C(C)C)c2)cc1-c1ccc2ncnc(N)c2c1. The first-order valence-electron chi connectivity index (χ1n) is 9.95. The van der Waals surface area contributed by atoms with Crippen molar-refractivity contribution in [2.45, 2.75) is 26.7 Å². The van der Waals surface area contributed by atoms with Crippen molar-refractivity contribution in [3.05, 3.63) is 83.7 Å². The first kappa shape index (κ1) is 19.6. The molecule has 0 aliphatic carbocycles. The predicted molar refractivity (Wildman–Crippen MR) is 123 cm³/mol. The summed E-state index contributed by atoms with van der Waals surface area (Å²) in [6, 6.07) is 19.6. The van der Waals surface area contributed by atoms with E-state index in [0.717, 1.165) is 33.3 Å². The molecule has 150 valence electrons. The van der Waals surface area contributed by atoms with Crippen molar-refractivity contribution >= 4 is 28.3 Å². The molecule has 0 bridgehead atoms. The van der Waals surface area contributed by atoms with Gasteiger partial charge in [0.2, 0.25) is 0 Å². The molecular formula is C25H24N4O. The minimum absolute atomic E-state index is 0.138. The van der Waals surface area contributed by atoms with Crippen LogP contribution in [0.5, 0.6) is 0 Å². The van der Waals surface area contributed by atoms with Gasteiger partial charge in [-0.3, -0.25) is 4.79 Å². The minimum Gasteiger partial charge on any atom is -0.383 e. The molecule has 5 heteroatoms. The fourth-order valence-corrected chi connectivity index (χ4v) is 3.50. The third-order valence-corrected chi connectivity index (χ3v) is 5.29.